The minimum atomic E-state index is -0.796. The lowest BCUT2D eigenvalue weighted by Gasteiger charge is -2.38. The highest BCUT2D eigenvalue weighted by Gasteiger charge is 2.35. The van der Waals surface area contributed by atoms with Crippen molar-refractivity contribution in [2.24, 2.45) is 17.3 Å². The zero-order valence-electron chi connectivity index (χ0n) is 16.5. The second-order valence-electron chi connectivity index (χ2n) is 8.80. The molecule has 0 radical (unpaired) electrons. The average Bonchev–Trinajstić information content (AvgIpc) is 2.63. The number of hydrogen-bond acceptors (Lipinski definition) is 4. The van der Waals surface area contributed by atoms with Gasteiger partial charge in [0, 0.05) is 6.61 Å². The van der Waals surface area contributed by atoms with E-state index in [-0.39, 0.29) is 18.7 Å². The number of rotatable bonds is 8. The molecule has 4 nitrogen and oxygen atoms in total. The Hall–Kier alpha value is -0.610. The predicted molar refractivity (Wildman–Crippen MR) is 99.3 cm³/mol. The van der Waals surface area contributed by atoms with Gasteiger partial charge in [-0.3, -0.25) is 4.79 Å². The van der Waals surface area contributed by atoms with Crippen molar-refractivity contribution in [3.63, 3.8) is 0 Å². The molecule has 1 N–H and O–H groups in total. The summed E-state index contributed by atoms with van der Waals surface area (Å²) < 4.78 is 11.8. The first-order valence-corrected chi connectivity index (χ1v) is 10.4. The third-order valence-corrected chi connectivity index (χ3v) is 6.09. The lowest BCUT2D eigenvalue weighted by Crippen LogP contribution is -2.38. The smallest absolute Gasteiger partial charge is 0.314 e. The Morgan fingerprint density at radius 2 is 1.84 bits per heavy atom. The normalized spacial score (nSPS) is 30.9. The molecule has 1 heterocycles. The maximum Gasteiger partial charge on any atom is 0.314 e. The summed E-state index contributed by atoms with van der Waals surface area (Å²) in [6.07, 6.45) is 12.3. The van der Waals surface area contributed by atoms with E-state index in [4.69, 9.17) is 9.47 Å². The van der Waals surface area contributed by atoms with Gasteiger partial charge in [-0.2, -0.15) is 0 Å². The summed E-state index contributed by atoms with van der Waals surface area (Å²) >= 11 is 0. The largest absolute Gasteiger partial charge is 0.462 e. The van der Waals surface area contributed by atoms with E-state index in [1.54, 1.807) is 13.8 Å². The zero-order valence-corrected chi connectivity index (χ0v) is 16.5. The van der Waals surface area contributed by atoms with Crippen molar-refractivity contribution in [3.8, 4) is 0 Å². The molecule has 1 aliphatic heterocycles. The first-order chi connectivity index (χ1) is 12.0. The molecule has 0 bridgehead atoms. The molecule has 2 fully saturated rings. The minimum absolute atomic E-state index is 0.0138. The van der Waals surface area contributed by atoms with Gasteiger partial charge in [0.15, 0.2) is 0 Å². The van der Waals surface area contributed by atoms with E-state index in [2.05, 4.69) is 6.92 Å². The van der Waals surface area contributed by atoms with Crippen LogP contribution in [0.25, 0.3) is 0 Å². The maximum atomic E-state index is 12.1. The fraction of sp³-hybridized carbons (Fsp3) is 0.952. The number of ether oxygens (including phenoxy) is 2. The molecule has 2 rings (SSSR count). The van der Waals surface area contributed by atoms with Crippen LogP contribution in [0.2, 0.25) is 0 Å². The molecule has 0 aromatic heterocycles. The van der Waals surface area contributed by atoms with Crippen LogP contribution < -0.4 is 0 Å². The number of esters is 1. The minimum Gasteiger partial charge on any atom is -0.462 e. The second-order valence-corrected chi connectivity index (χ2v) is 8.80. The molecule has 0 aromatic carbocycles. The van der Waals surface area contributed by atoms with E-state index >= 15 is 0 Å². The standard InChI is InChI=1S/C21H38O4/c1-4-5-6-7-16-8-13-19(24-14-16)17-9-11-18(12-10-17)25-20(23)21(2,3)15-22/h16-19,22H,4-15H2,1-3H3. The van der Waals surface area contributed by atoms with Gasteiger partial charge in [0.2, 0.25) is 0 Å². The summed E-state index contributed by atoms with van der Waals surface area (Å²) in [5.74, 6) is 1.11. The van der Waals surface area contributed by atoms with Crippen molar-refractivity contribution in [2.75, 3.05) is 13.2 Å². The molecule has 146 valence electrons. The fourth-order valence-corrected chi connectivity index (χ4v) is 4.06. The van der Waals surface area contributed by atoms with Crippen molar-refractivity contribution in [1.82, 2.24) is 0 Å². The monoisotopic (exact) mass is 354 g/mol. The molecule has 0 amide bonds. The molecule has 0 aromatic rings. The lowest BCUT2D eigenvalue weighted by atomic mass is 9.80. The molecule has 1 aliphatic carbocycles. The first-order valence-electron chi connectivity index (χ1n) is 10.4. The van der Waals surface area contributed by atoms with Crippen LogP contribution in [0, 0.1) is 17.3 Å². The molecule has 0 spiro atoms. The number of carbonyl (C=O) groups excluding carboxylic acids is 1. The lowest BCUT2D eigenvalue weighted by molar-refractivity contribution is -0.164. The van der Waals surface area contributed by atoms with Crippen LogP contribution in [-0.4, -0.2) is 36.5 Å². The van der Waals surface area contributed by atoms with Crippen molar-refractivity contribution < 1.29 is 19.4 Å². The van der Waals surface area contributed by atoms with Gasteiger partial charge in [-0.1, -0.05) is 26.2 Å². The number of unbranched alkanes of at least 4 members (excludes halogenated alkanes) is 2. The zero-order chi connectivity index (χ0) is 18.3. The number of aliphatic hydroxyl groups excluding tert-OH is 1. The average molecular weight is 355 g/mol. The first kappa shape index (κ1) is 20.7. The molecular weight excluding hydrogens is 316 g/mol. The summed E-state index contributed by atoms with van der Waals surface area (Å²) in [6.45, 7) is 6.48. The van der Waals surface area contributed by atoms with E-state index in [1.165, 1.54) is 38.5 Å². The third kappa shape index (κ3) is 6.25. The van der Waals surface area contributed by atoms with Crippen LogP contribution >= 0.6 is 0 Å². The Morgan fingerprint density at radius 3 is 2.40 bits per heavy atom. The SMILES string of the molecule is CCCCCC1CCC(C2CCC(OC(=O)C(C)(C)CO)CC2)OC1. The van der Waals surface area contributed by atoms with Crippen LogP contribution in [0.1, 0.15) is 85.0 Å². The summed E-state index contributed by atoms with van der Waals surface area (Å²) in [7, 11) is 0. The highest BCUT2D eigenvalue weighted by atomic mass is 16.5. The summed E-state index contributed by atoms with van der Waals surface area (Å²) in [4.78, 5) is 12.1. The van der Waals surface area contributed by atoms with Crippen molar-refractivity contribution in [3.05, 3.63) is 0 Å². The Labute approximate surface area is 153 Å². The molecule has 25 heavy (non-hydrogen) atoms. The van der Waals surface area contributed by atoms with Gasteiger partial charge in [0.25, 0.3) is 0 Å². The van der Waals surface area contributed by atoms with Gasteiger partial charge < -0.3 is 14.6 Å². The van der Waals surface area contributed by atoms with E-state index in [0.29, 0.717) is 12.0 Å². The highest BCUT2D eigenvalue weighted by molar-refractivity contribution is 5.76. The van der Waals surface area contributed by atoms with Crippen LogP contribution in [0.3, 0.4) is 0 Å². The van der Waals surface area contributed by atoms with Gasteiger partial charge in [-0.25, -0.2) is 0 Å². The van der Waals surface area contributed by atoms with Crippen molar-refractivity contribution in [2.45, 2.75) is 97.2 Å². The Bertz CT molecular complexity index is 391. The van der Waals surface area contributed by atoms with Crippen LogP contribution in [-0.2, 0) is 14.3 Å². The van der Waals surface area contributed by atoms with E-state index in [9.17, 15) is 9.90 Å². The highest BCUT2D eigenvalue weighted by Crippen LogP contribution is 2.36. The second kappa shape index (κ2) is 9.91. The fourth-order valence-electron chi connectivity index (χ4n) is 4.06. The van der Waals surface area contributed by atoms with Gasteiger partial charge in [0.1, 0.15) is 6.10 Å². The van der Waals surface area contributed by atoms with Gasteiger partial charge in [0.05, 0.1) is 18.1 Å². The number of hydrogen-bond donors (Lipinski definition) is 1. The van der Waals surface area contributed by atoms with E-state index in [0.717, 1.165) is 38.2 Å². The molecule has 1 saturated carbocycles. The maximum absolute atomic E-state index is 12.1. The summed E-state index contributed by atoms with van der Waals surface area (Å²) in [6, 6.07) is 0. The van der Waals surface area contributed by atoms with E-state index < -0.39 is 5.41 Å². The quantitative estimate of drug-likeness (QED) is 0.516. The van der Waals surface area contributed by atoms with Gasteiger partial charge >= 0.3 is 5.97 Å². The Kier molecular flexibility index (Phi) is 8.21. The molecular formula is C21H38O4. The summed E-state index contributed by atoms with van der Waals surface area (Å²) in [5, 5.41) is 9.28. The van der Waals surface area contributed by atoms with Gasteiger partial charge in [-0.15, -0.1) is 0 Å². The van der Waals surface area contributed by atoms with Crippen LogP contribution in [0.5, 0.6) is 0 Å². The van der Waals surface area contributed by atoms with Gasteiger partial charge in [-0.05, 0) is 70.6 Å². The van der Waals surface area contributed by atoms with Crippen molar-refractivity contribution in [1.29, 1.82) is 0 Å². The third-order valence-electron chi connectivity index (χ3n) is 6.09. The predicted octanol–water partition coefficient (Wildman–Crippen LogP) is 4.48. The van der Waals surface area contributed by atoms with Crippen LogP contribution in [0.15, 0.2) is 0 Å². The number of carbonyl (C=O) groups is 1. The summed E-state index contributed by atoms with van der Waals surface area (Å²) in [5.41, 5.74) is -0.796. The van der Waals surface area contributed by atoms with Crippen LogP contribution in [0.4, 0.5) is 0 Å². The van der Waals surface area contributed by atoms with E-state index in [1.807, 2.05) is 0 Å². The topological polar surface area (TPSA) is 55.8 Å². The molecule has 2 unspecified atom stereocenters. The molecule has 4 heteroatoms. The molecule has 2 atom stereocenters. The molecule has 2 aliphatic rings. The Morgan fingerprint density at radius 1 is 1.12 bits per heavy atom. The Balaban J connectivity index is 1.66. The van der Waals surface area contributed by atoms with Crippen molar-refractivity contribution >= 4 is 5.97 Å². The number of aliphatic hydroxyl groups is 1. The molecule has 1 saturated heterocycles.